The number of unbranched alkanes of at least 4 members (excludes halogenated alkanes) is 1. The van der Waals surface area contributed by atoms with E-state index in [9.17, 15) is 39.0 Å². The Labute approximate surface area is 260 Å². The van der Waals surface area contributed by atoms with Gasteiger partial charge in [-0.15, -0.1) is 0 Å². The van der Waals surface area contributed by atoms with Crippen LogP contribution >= 0.6 is 0 Å². The lowest BCUT2D eigenvalue weighted by Gasteiger charge is -2.24. The molecule has 4 atom stereocenters. The van der Waals surface area contributed by atoms with E-state index in [0.717, 1.165) is 5.56 Å². The number of carboxylic acid groups (broad SMARTS) is 1. The number of hydrogen-bond acceptors (Lipinski definition) is 9. The summed E-state index contributed by atoms with van der Waals surface area (Å²) in [5, 5.41) is 28.5. The third-order valence-electron chi connectivity index (χ3n) is 6.71. The Kier molecular flexibility index (Phi) is 15.0. The van der Waals surface area contributed by atoms with E-state index in [1.807, 2.05) is 0 Å². The summed E-state index contributed by atoms with van der Waals surface area (Å²) in [6.07, 6.45) is 0.741. The van der Waals surface area contributed by atoms with Crippen LogP contribution in [0.4, 0.5) is 0 Å². The summed E-state index contributed by atoms with van der Waals surface area (Å²) < 4.78 is 0. The maximum atomic E-state index is 13.3. The third-order valence-corrected chi connectivity index (χ3v) is 6.71. The molecule has 0 saturated heterocycles. The summed E-state index contributed by atoms with van der Waals surface area (Å²) in [5.41, 5.74) is 18.1. The van der Waals surface area contributed by atoms with Crippen molar-refractivity contribution in [1.82, 2.24) is 21.3 Å². The monoisotopic (exact) mass is 627 g/mol. The second-order valence-corrected chi connectivity index (χ2v) is 10.4. The van der Waals surface area contributed by atoms with Crippen LogP contribution in [0.15, 0.2) is 54.6 Å². The summed E-state index contributed by atoms with van der Waals surface area (Å²) in [5.74, 6) is -5.52. The van der Waals surface area contributed by atoms with Gasteiger partial charge >= 0.3 is 5.97 Å². The highest BCUT2D eigenvalue weighted by Crippen LogP contribution is 2.12. The topological polar surface area (TPSA) is 269 Å². The van der Waals surface area contributed by atoms with Crippen LogP contribution < -0.4 is 38.5 Å². The molecule has 0 aliphatic carbocycles. The molecule has 15 nitrogen and oxygen atoms in total. The maximum absolute atomic E-state index is 13.3. The summed E-state index contributed by atoms with van der Waals surface area (Å²) in [7, 11) is 0. The van der Waals surface area contributed by atoms with Crippen LogP contribution in [0.5, 0.6) is 5.75 Å². The van der Waals surface area contributed by atoms with Crippen LogP contribution in [0.25, 0.3) is 0 Å². The smallest absolute Gasteiger partial charge is 0.305 e. The van der Waals surface area contributed by atoms with Gasteiger partial charge in [-0.25, -0.2) is 0 Å². The number of carboxylic acids is 1. The van der Waals surface area contributed by atoms with Gasteiger partial charge in [0.1, 0.15) is 23.9 Å². The number of carbonyl (C=O) groups is 6. The fourth-order valence-electron chi connectivity index (χ4n) is 4.26. The molecule has 244 valence electrons. The van der Waals surface area contributed by atoms with Gasteiger partial charge in [0.25, 0.3) is 0 Å². The summed E-state index contributed by atoms with van der Waals surface area (Å²) >= 11 is 0. The minimum absolute atomic E-state index is 0.0184. The highest BCUT2D eigenvalue weighted by molar-refractivity contribution is 5.96. The fourth-order valence-corrected chi connectivity index (χ4v) is 4.26. The molecule has 45 heavy (non-hydrogen) atoms. The van der Waals surface area contributed by atoms with Crippen molar-refractivity contribution in [2.24, 2.45) is 17.2 Å². The average Bonchev–Trinajstić information content (AvgIpc) is 3.00. The van der Waals surface area contributed by atoms with Crippen molar-refractivity contribution in [2.45, 2.75) is 62.7 Å². The number of carbonyl (C=O) groups excluding carboxylic acids is 5. The normalized spacial score (nSPS) is 13.4. The van der Waals surface area contributed by atoms with Gasteiger partial charge in [0.15, 0.2) is 0 Å². The maximum Gasteiger partial charge on any atom is 0.305 e. The molecule has 0 radical (unpaired) electrons. The Morgan fingerprint density at radius 3 is 1.93 bits per heavy atom. The third kappa shape index (κ3) is 13.4. The average molecular weight is 628 g/mol. The number of nitrogens with two attached hydrogens (primary N) is 3. The largest absolute Gasteiger partial charge is 0.508 e. The highest BCUT2D eigenvalue weighted by Gasteiger charge is 2.30. The van der Waals surface area contributed by atoms with Crippen molar-refractivity contribution in [3.63, 3.8) is 0 Å². The molecule has 0 spiro atoms. The van der Waals surface area contributed by atoms with Crippen LogP contribution in [0.3, 0.4) is 0 Å². The number of phenolic OH excluding ortho intramolecular Hbond substituents is 1. The molecule has 0 unspecified atom stereocenters. The van der Waals surface area contributed by atoms with Crippen molar-refractivity contribution in [3.05, 3.63) is 65.7 Å². The molecule has 0 aliphatic heterocycles. The number of phenols is 1. The second-order valence-electron chi connectivity index (χ2n) is 10.4. The number of benzene rings is 2. The SMILES string of the molecule is NCCCC[C@H](N)C(=O)N[C@@H](Cc1ccc(O)cc1)C(=O)N[C@@H](CC(=O)O)C(=O)NCC(=O)N[C@@H](Cc1ccccc1)C(N)=O. The number of nitrogens with one attached hydrogen (secondary N) is 4. The van der Waals surface area contributed by atoms with Gasteiger partial charge in [0.05, 0.1) is 19.0 Å². The van der Waals surface area contributed by atoms with Gasteiger partial charge in [0, 0.05) is 12.8 Å². The fraction of sp³-hybridized carbons (Fsp3) is 0.400. The van der Waals surface area contributed by atoms with E-state index >= 15 is 0 Å². The van der Waals surface area contributed by atoms with Crippen molar-refractivity contribution in [1.29, 1.82) is 0 Å². The van der Waals surface area contributed by atoms with E-state index in [-0.39, 0.29) is 18.6 Å². The first-order valence-corrected chi connectivity index (χ1v) is 14.4. The molecule has 0 heterocycles. The zero-order chi connectivity index (χ0) is 33.4. The van der Waals surface area contributed by atoms with Crippen LogP contribution in [-0.2, 0) is 41.6 Å². The first kappa shape index (κ1) is 36.2. The Balaban J connectivity index is 2.10. The molecule has 2 aromatic rings. The Hall–Kier alpha value is -5.02. The molecule has 0 saturated carbocycles. The van der Waals surface area contributed by atoms with Crippen LogP contribution in [0, 0.1) is 0 Å². The van der Waals surface area contributed by atoms with E-state index in [1.54, 1.807) is 30.3 Å². The van der Waals surface area contributed by atoms with E-state index in [1.165, 1.54) is 24.3 Å². The molecular formula is C30H41N7O8. The minimum Gasteiger partial charge on any atom is -0.508 e. The molecule has 15 heteroatoms. The first-order valence-electron chi connectivity index (χ1n) is 14.4. The predicted octanol–water partition coefficient (Wildman–Crippen LogP) is -1.84. The lowest BCUT2D eigenvalue weighted by atomic mass is 10.0. The van der Waals surface area contributed by atoms with Crippen molar-refractivity contribution in [2.75, 3.05) is 13.1 Å². The Morgan fingerprint density at radius 2 is 1.33 bits per heavy atom. The molecule has 0 fully saturated rings. The van der Waals surface area contributed by atoms with Crippen LogP contribution in [0.2, 0.25) is 0 Å². The molecule has 0 aliphatic rings. The number of primary amides is 1. The molecule has 0 bridgehead atoms. The van der Waals surface area contributed by atoms with Crippen molar-refractivity contribution >= 4 is 35.5 Å². The van der Waals surface area contributed by atoms with E-state index < -0.39 is 72.6 Å². The van der Waals surface area contributed by atoms with Gasteiger partial charge in [-0.3, -0.25) is 28.8 Å². The lowest BCUT2D eigenvalue weighted by Crippen LogP contribution is -2.57. The molecule has 5 amide bonds. The lowest BCUT2D eigenvalue weighted by molar-refractivity contribution is -0.141. The molecular weight excluding hydrogens is 586 g/mol. The molecule has 0 aromatic heterocycles. The second kappa shape index (κ2) is 18.6. The van der Waals surface area contributed by atoms with Crippen molar-refractivity contribution in [3.8, 4) is 5.75 Å². The van der Waals surface area contributed by atoms with Gasteiger partial charge in [-0.05, 0) is 42.6 Å². The summed E-state index contributed by atoms with van der Waals surface area (Å²) in [4.78, 5) is 74.9. The quantitative estimate of drug-likeness (QED) is 0.0786. The molecule has 2 rings (SSSR count). The van der Waals surface area contributed by atoms with Gasteiger partial charge in [-0.1, -0.05) is 48.9 Å². The van der Waals surface area contributed by atoms with Crippen LogP contribution in [0.1, 0.15) is 36.8 Å². The van der Waals surface area contributed by atoms with Crippen LogP contribution in [-0.4, -0.2) is 83.0 Å². The zero-order valence-corrected chi connectivity index (χ0v) is 24.7. The van der Waals surface area contributed by atoms with Gasteiger partial charge in [-0.2, -0.15) is 0 Å². The standard InChI is InChI=1S/C30H41N7O8/c31-13-5-4-8-21(32)28(43)36-23(15-19-9-11-20(38)12-10-19)30(45)37-24(16-26(40)41)29(44)34-17-25(39)35-22(27(33)42)14-18-6-2-1-3-7-18/h1-3,6-7,9-12,21-24,38H,4-5,8,13-17,31-32H2,(H2,33,42)(H,34,44)(H,35,39)(H,36,43)(H,37,45)(H,40,41)/t21-,22-,23-,24-/m0/s1. The minimum atomic E-state index is -1.63. The Morgan fingerprint density at radius 1 is 0.733 bits per heavy atom. The number of aliphatic carboxylic acids is 1. The predicted molar refractivity (Wildman–Crippen MR) is 163 cm³/mol. The first-order chi connectivity index (χ1) is 21.4. The van der Waals surface area contributed by atoms with Gasteiger partial charge in [0.2, 0.25) is 29.5 Å². The molecule has 12 N–H and O–H groups in total. The number of aromatic hydroxyl groups is 1. The van der Waals surface area contributed by atoms with E-state index in [2.05, 4.69) is 21.3 Å². The summed E-state index contributed by atoms with van der Waals surface area (Å²) in [6, 6.07) is 9.69. The summed E-state index contributed by atoms with van der Waals surface area (Å²) in [6.45, 7) is -0.219. The number of rotatable bonds is 19. The van der Waals surface area contributed by atoms with E-state index in [0.29, 0.717) is 31.4 Å². The molecule has 2 aromatic carbocycles. The van der Waals surface area contributed by atoms with E-state index in [4.69, 9.17) is 17.2 Å². The van der Waals surface area contributed by atoms with Crippen molar-refractivity contribution < 1.29 is 39.0 Å². The highest BCUT2D eigenvalue weighted by atomic mass is 16.4. The number of hydrogen-bond donors (Lipinski definition) is 9. The Bertz CT molecular complexity index is 1310. The number of amides is 5. The zero-order valence-electron chi connectivity index (χ0n) is 24.7. The van der Waals surface area contributed by atoms with Gasteiger partial charge < -0.3 is 48.7 Å².